The molecule has 1 N–H and O–H groups in total. The average molecular weight is 280 g/mol. The van der Waals surface area contributed by atoms with Crippen LogP contribution in [0, 0.1) is 0 Å². The summed E-state index contributed by atoms with van der Waals surface area (Å²) in [6.45, 7) is 5.56. The lowest BCUT2D eigenvalue weighted by molar-refractivity contribution is 0.162. The Balaban J connectivity index is 1.93. The number of hydrogen-bond donors (Lipinski definition) is 1. The van der Waals surface area contributed by atoms with E-state index >= 15 is 0 Å². The molecule has 110 valence electrons. The maximum absolute atomic E-state index is 3.61. The Kier molecular flexibility index (Phi) is 4.69. The van der Waals surface area contributed by atoms with Gasteiger partial charge in [-0.2, -0.15) is 0 Å². The number of hydrogen-bond acceptors (Lipinski definition) is 2. The third-order valence-corrected chi connectivity index (χ3v) is 4.38. The maximum Gasteiger partial charge on any atom is 0.0602 e. The third-order valence-electron chi connectivity index (χ3n) is 4.38. The first-order valence-corrected chi connectivity index (χ1v) is 7.96. The first-order valence-electron chi connectivity index (χ1n) is 7.96. The van der Waals surface area contributed by atoms with Crippen molar-refractivity contribution < 1.29 is 0 Å². The van der Waals surface area contributed by atoms with Gasteiger partial charge in [0.25, 0.3) is 0 Å². The molecule has 2 aromatic carbocycles. The van der Waals surface area contributed by atoms with E-state index in [1.165, 1.54) is 17.5 Å². The van der Waals surface area contributed by atoms with E-state index in [0.717, 1.165) is 19.6 Å². The molecule has 1 heterocycles. The van der Waals surface area contributed by atoms with Crippen molar-refractivity contribution in [1.29, 1.82) is 0 Å². The van der Waals surface area contributed by atoms with E-state index in [-0.39, 0.29) is 0 Å². The Labute approximate surface area is 127 Å². The lowest BCUT2D eigenvalue weighted by Gasteiger charge is -2.39. The first kappa shape index (κ1) is 14.3. The Morgan fingerprint density at radius 1 is 1.00 bits per heavy atom. The van der Waals surface area contributed by atoms with Gasteiger partial charge in [0.05, 0.1) is 6.04 Å². The van der Waals surface area contributed by atoms with Crippen LogP contribution in [-0.2, 0) is 0 Å². The van der Waals surface area contributed by atoms with Crippen molar-refractivity contribution in [2.45, 2.75) is 25.4 Å². The molecule has 2 heteroatoms. The molecule has 0 amide bonds. The fourth-order valence-corrected chi connectivity index (χ4v) is 3.24. The van der Waals surface area contributed by atoms with E-state index in [4.69, 9.17) is 0 Å². The number of rotatable bonds is 4. The average Bonchev–Trinajstić information content (AvgIpc) is 2.57. The summed E-state index contributed by atoms with van der Waals surface area (Å²) in [5.74, 6) is 0. The Bertz CT molecular complexity index is 499. The van der Waals surface area contributed by atoms with Crippen LogP contribution in [-0.4, -0.2) is 30.6 Å². The van der Waals surface area contributed by atoms with Gasteiger partial charge < -0.3 is 5.32 Å². The molecule has 21 heavy (non-hydrogen) atoms. The highest BCUT2D eigenvalue weighted by Gasteiger charge is 2.26. The van der Waals surface area contributed by atoms with Crippen molar-refractivity contribution in [3.63, 3.8) is 0 Å². The van der Waals surface area contributed by atoms with Crippen molar-refractivity contribution >= 4 is 0 Å². The Morgan fingerprint density at radius 3 is 2.10 bits per heavy atom. The van der Waals surface area contributed by atoms with Gasteiger partial charge in [0.15, 0.2) is 0 Å². The van der Waals surface area contributed by atoms with E-state index in [0.29, 0.717) is 12.1 Å². The molecular weight excluding hydrogens is 256 g/mol. The summed E-state index contributed by atoms with van der Waals surface area (Å²) >= 11 is 0. The minimum Gasteiger partial charge on any atom is -0.311 e. The predicted octanol–water partition coefficient (Wildman–Crippen LogP) is 3.46. The molecule has 2 nitrogen and oxygen atoms in total. The number of piperazine rings is 1. The molecule has 1 unspecified atom stereocenters. The summed E-state index contributed by atoms with van der Waals surface area (Å²) in [5, 5.41) is 3.61. The fourth-order valence-electron chi connectivity index (χ4n) is 3.24. The van der Waals surface area contributed by atoms with Crippen molar-refractivity contribution in [3.05, 3.63) is 71.8 Å². The molecule has 1 aliphatic rings. The maximum atomic E-state index is 3.61. The third kappa shape index (κ3) is 3.34. The van der Waals surface area contributed by atoms with Crippen LogP contribution in [0.2, 0.25) is 0 Å². The number of benzene rings is 2. The summed E-state index contributed by atoms with van der Waals surface area (Å²) in [7, 11) is 0. The first-order chi connectivity index (χ1) is 10.4. The van der Waals surface area contributed by atoms with Crippen molar-refractivity contribution in [1.82, 2.24) is 10.2 Å². The van der Waals surface area contributed by atoms with Gasteiger partial charge in [-0.25, -0.2) is 0 Å². The smallest absolute Gasteiger partial charge is 0.0602 e. The van der Waals surface area contributed by atoms with Gasteiger partial charge in [0.2, 0.25) is 0 Å². The summed E-state index contributed by atoms with van der Waals surface area (Å²) in [6.07, 6.45) is 1.19. The predicted molar refractivity (Wildman–Crippen MR) is 88.4 cm³/mol. The second-order valence-electron chi connectivity index (χ2n) is 5.78. The van der Waals surface area contributed by atoms with Crippen LogP contribution in [0.3, 0.4) is 0 Å². The van der Waals surface area contributed by atoms with Gasteiger partial charge in [0, 0.05) is 25.7 Å². The zero-order chi connectivity index (χ0) is 14.5. The van der Waals surface area contributed by atoms with Crippen LogP contribution >= 0.6 is 0 Å². The topological polar surface area (TPSA) is 15.3 Å². The minimum absolute atomic E-state index is 0.364. The van der Waals surface area contributed by atoms with Gasteiger partial charge in [-0.1, -0.05) is 67.6 Å². The molecule has 1 saturated heterocycles. The molecule has 1 atom stereocenters. The SMILES string of the molecule is CCC1CN(C(c2ccccc2)c2ccccc2)CCN1. The van der Waals surface area contributed by atoms with Crippen molar-refractivity contribution in [2.24, 2.45) is 0 Å². The molecule has 0 aliphatic carbocycles. The summed E-state index contributed by atoms with van der Waals surface area (Å²) in [5.41, 5.74) is 2.78. The monoisotopic (exact) mass is 280 g/mol. The zero-order valence-corrected chi connectivity index (χ0v) is 12.7. The molecule has 2 aromatic rings. The van der Waals surface area contributed by atoms with E-state index in [9.17, 15) is 0 Å². The standard InChI is InChI=1S/C19H24N2/c1-2-18-15-21(14-13-20-18)19(16-9-5-3-6-10-16)17-11-7-4-8-12-17/h3-12,18-20H,2,13-15H2,1H3. The molecular formula is C19H24N2. The Hall–Kier alpha value is -1.64. The summed E-state index contributed by atoms with van der Waals surface area (Å²) < 4.78 is 0. The second kappa shape index (κ2) is 6.88. The van der Waals surface area contributed by atoms with Crippen LogP contribution in [0.4, 0.5) is 0 Å². The van der Waals surface area contributed by atoms with Gasteiger partial charge in [0.1, 0.15) is 0 Å². The van der Waals surface area contributed by atoms with E-state index < -0.39 is 0 Å². The molecule has 0 radical (unpaired) electrons. The molecule has 1 aliphatic heterocycles. The van der Waals surface area contributed by atoms with Crippen LogP contribution < -0.4 is 5.32 Å². The highest BCUT2D eigenvalue weighted by atomic mass is 15.2. The molecule has 0 aromatic heterocycles. The second-order valence-corrected chi connectivity index (χ2v) is 5.78. The molecule has 0 spiro atoms. The van der Waals surface area contributed by atoms with Gasteiger partial charge in [-0.15, -0.1) is 0 Å². The van der Waals surface area contributed by atoms with Crippen LogP contribution in [0.1, 0.15) is 30.5 Å². The summed E-state index contributed by atoms with van der Waals surface area (Å²) in [4.78, 5) is 2.62. The van der Waals surface area contributed by atoms with E-state index in [2.05, 4.69) is 77.8 Å². The minimum atomic E-state index is 0.364. The van der Waals surface area contributed by atoms with Crippen LogP contribution in [0.25, 0.3) is 0 Å². The molecule has 1 fully saturated rings. The lowest BCUT2D eigenvalue weighted by atomic mass is 9.95. The normalized spacial score (nSPS) is 19.8. The van der Waals surface area contributed by atoms with Crippen molar-refractivity contribution in [2.75, 3.05) is 19.6 Å². The lowest BCUT2D eigenvalue weighted by Crippen LogP contribution is -2.51. The largest absolute Gasteiger partial charge is 0.311 e. The molecule has 0 saturated carbocycles. The fraction of sp³-hybridized carbons (Fsp3) is 0.368. The quantitative estimate of drug-likeness (QED) is 0.922. The molecule has 3 rings (SSSR count). The van der Waals surface area contributed by atoms with Crippen LogP contribution in [0.15, 0.2) is 60.7 Å². The zero-order valence-electron chi connectivity index (χ0n) is 12.7. The van der Waals surface area contributed by atoms with E-state index in [1.807, 2.05) is 0 Å². The van der Waals surface area contributed by atoms with Gasteiger partial charge in [-0.3, -0.25) is 4.90 Å². The molecule has 0 bridgehead atoms. The summed E-state index contributed by atoms with van der Waals surface area (Å²) in [6, 6.07) is 22.7. The van der Waals surface area contributed by atoms with Gasteiger partial charge >= 0.3 is 0 Å². The number of nitrogens with one attached hydrogen (secondary N) is 1. The highest BCUT2D eigenvalue weighted by Crippen LogP contribution is 2.29. The number of nitrogens with zero attached hydrogens (tertiary/aromatic N) is 1. The van der Waals surface area contributed by atoms with Gasteiger partial charge in [-0.05, 0) is 17.5 Å². The Morgan fingerprint density at radius 2 is 1.57 bits per heavy atom. The van der Waals surface area contributed by atoms with Crippen molar-refractivity contribution in [3.8, 4) is 0 Å². The highest BCUT2D eigenvalue weighted by molar-refractivity contribution is 5.32. The van der Waals surface area contributed by atoms with E-state index in [1.54, 1.807) is 0 Å². The van der Waals surface area contributed by atoms with Crippen LogP contribution in [0.5, 0.6) is 0 Å².